The first-order valence-corrected chi connectivity index (χ1v) is 6.78. The van der Waals surface area contributed by atoms with Crippen molar-refractivity contribution in [1.82, 2.24) is 0 Å². The van der Waals surface area contributed by atoms with E-state index in [4.69, 9.17) is 4.74 Å². The molecule has 1 nitrogen and oxygen atoms in total. The maximum atomic E-state index is 13.0. The topological polar surface area (TPSA) is 9.23 Å². The monoisotopic (exact) mass is 336 g/mol. The van der Waals surface area contributed by atoms with E-state index in [1.807, 2.05) is 0 Å². The standard InChI is InChI=1S/C11H11Br2FO/c12-6-8-2-4-11(15-8)7-1-3-10(14)9(13)5-7/h1,3,5,8,11H,2,4,6H2. The van der Waals surface area contributed by atoms with E-state index >= 15 is 0 Å². The molecular formula is C11H11Br2FO. The molecule has 0 bridgehead atoms. The molecule has 0 spiro atoms. The minimum atomic E-state index is -0.228. The maximum absolute atomic E-state index is 13.0. The van der Waals surface area contributed by atoms with Crippen LogP contribution in [0.25, 0.3) is 0 Å². The quantitative estimate of drug-likeness (QED) is 0.735. The Hall–Kier alpha value is 0.0700. The van der Waals surface area contributed by atoms with Gasteiger partial charge in [-0.1, -0.05) is 22.0 Å². The van der Waals surface area contributed by atoms with E-state index in [2.05, 4.69) is 31.9 Å². The molecule has 0 aliphatic carbocycles. The van der Waals surface area contributed by atoms with Gasteiger partial charge in [-0.25, -0.2) is 4.39 Å². The number of alkyl halides is 1. The zero-order valence-corrected chi connectivity index (χ0v) is 11.2. The molecule has 0 amide bonds. The predicted octanol–water partition coefficient (Wildman–Crippen LogP) is 4.20. The van der Waals surface area contributed by atoms with Gasteiger partial charge in [0.25, 0.3) is 0 Å². The SMILES string of the molecule is Fc1ccc(C2CCC(CBr)O2)cc1Br. The number of hydrogen-bond acceptors (Lipinski definition) is 1. The number of rotatable bonds is 2. The van der Waals surface area contributed by atoms with Crippen molar-refractivity contribution < 1.29 is 9.13 Å². The summed E-state index contributed by atoms with van der Waals surface area (Å²) in [5.74, 6) is -0.228. The number of benzene rings is 1. The first-order valence-electron chi connectivity index (χ1n) is 4.87. The van der Waals surface area contributed by atoms with Crippen LogP contribution in [-0.2, 0) is 4.74 Å². The molecule has 1 aromatic carbocycles. The first-order chi connectivity index (χ1) is 7.20. The molecule has 1 aliphatic heterocycles. The van der Waals surface area contributed by atoms with Crippen molar-refractivity contribution in [2.24, 2.45) is 0 Å². The van der Waals surface area contributed by atoms with E-state index < -0.39 is 0 Å². The lowest BCUT2D eigenvalue weighted by atomic mass is 10.1. The molecule has 0 N–H and O–H groups in total. The molecule has 4 heteroatoms. The van der Waals surface area contributed by atoms with Gasteiger partial charge in [-0.15, -0.1) is 0 Å². The average molecular weight is 338 g/mol. The van der Waals surface area contributed by atoms with Crippen LogP contribution in [0.4, 0.5) is 4.39 Å². The number of hydrogen-bond donors (Lipinski definition) is 0. The van der Waals surface area contributed by atoms with E-state index in [1.54, 1.807) is 12.1 Å². The van der Waals surface area contributed by atoms with Crippen molar-refractivity contribution in [3.63, 3.8) is 0 Å². The van der Waals surface area contributed by atoms with Gasteiger partial charge in [0.1, 0.15) is 5.82 Å². The van der Waals surface area contributed by atoms with Crippen LogP contribution in [-0.4, -0.2) is 11.4 Å². The third-order valence-electron chi connectivity index (χ3n) is 2.60. The second kappa shape index (κ2) is 4.93. The Bertz CT molecular complexity index is 356. The molecule has 1 fully saturated rings. The molecule has 82 valence electrons. The highest BCUT2D eigenvalue weighted by molar-refractivity contribution is 9.10. The van der Waals surface area contributed by atoms with Gasteiger partial charge in [0.15, 0.2) is 0 Å². The second-order valence-corrected chi connectivity index (χ2v) is 5.15. The third kappa shape index (κ3) is 2.60. The van der Waals surface area contributed by atoms with Gasteiger partial charge in [0.05, 0.1) is 16.7 Å². The molecule has 15 heavy (non-hydrogen) atoms. The normalized spacial score (nSPS) is 25.8. The van der Waals surface area contributed by atoms with Gasteiger partial charge in [0, 0.05) is 5.33 Å². The van der Waals surface area contributed by atoms with Crippen LogP contribution in [0.3, 0.4) is 0 Å². The van der Waals surface area contributed by atoms with E-state index in [0.717, 1.165) is 23.7 Å². The van der Waals surface area contributed by atoms with E-state index in [9.17, 15) is 4.39 Å². The molecule has 1 heterocycles. The predicted molar refractivity (Wildman–Crippen MR) is 64.7 cm³/mol. The highest BCUT2D eigenvalue weighted by Gasteiger charge is 2.25. The molecule has 0 radical (unpaired) electrons. The van der Waals surface area contributed by atoms with Crippen LogP contribution in [0.1, 0.15) is 24.5 Å². The number of ether oxygens (including phenoxy) is 1. The van der Waals surface area contributed by atoms with E-state index in [1.165, 1.54) is 6.07 Å². The average Bonchev–Trinajstić information content (AvgIpc) is 2.70. The summed E-state index contributed by atoms with van der Waals surface area (Å²) < 4.78 is 19.3. The number of halogens is 3. The zero-order valence-electron chi connectivity index (χ0n) is 8.05. The fourth-order valence-corrected chi connectivity index (χ4v) is 2.65. The van der Waals surface area contributed by atoms with Gasteiger partial charge in [-0.05, 0) is 46.5 Å². The highest BCUT2D eigenvalue weighted by Crippen LogP contribution is 2.34. The summed E-state index contributed by atoms with van der Waals surface area (Å²) in [7, 11) is 0. The molecule has 2 atom stereocenters. The Morgan fingerprint density at radius 3 is 2.80 bits per heavy atom. The van der Waals surface area contributed by atoms with Crippen LogP contribution < -0.4 is 0 Å². The van der Waals surface area contributed by atoms with Gasteiger partial charge in [0.2, 0.25) is 0 Å². The van der Waals surface area contributed by atoms with Crippen molar-refractivity contribution in [2.75, 3.05) is 5.33 Å². The second-order valence-electron chi connectivity index (χ2n) is 3.65. The summed E-state index contributed by atoms with van der Waals surface area (Å²) >= 11 is 6.59. The summed E-state index contributed by atoms with van der Waals surface area (Å²) in [6.07, 6.45) is 2.47. The molecule has 0 aromatic heterocycles. The zero-order chi connectivity index (χ0) is 10.8. The lowest BCUT2D eigenvalue weighted by Crippen LogP contribution is -2.07. The molecule has 2 unspecified atom stereocenters. The van der Waals surface area contributed by atoms with Crippen molar-refractivity contribution >= 4 is 31.9 Å². The Labute approximate surface area is 105 Å². The largest absolute Gasteiger partial charge is 0.369 e. The van der Waals surface area contributed by atoms with Crippen molar-refractivity contribution in [3.8, 4) is 0 Å². The lowest BCUT2D eigenvalue weighted by Gasteiger charge is -2.12. The Morgan fingerprint density at radius 2 is 2.20 bits per heavy atom. The van der Waals surface area contributed by atoms with Crippen LogP contribution in [0.15, 0.2) is 22.7 Å². The molecule has 1 aromatic rings. The Balaban J connectivity index is 2.13. The summed E-state index contributed by atoms with van der Waals surface area (Å²) in [5.41, 5.74) is 1.05. The van der Waals surface area contributed by atoms with Crippen LogP contribution in [0.2, 0.25) is 0 Å². The summed E-state index contributed by atoms with van der Waals surface area (Å²) in [6, 6.07) is 5.07. The Morgan fingerprint density at radius 1 is 1.40 bits per heavy atom. The fourth-order valence-electron chi connectivity index (χ4n) is 1.78. The van der Waals surface area contributed by atoms with E-state index in [0.29, 0.717) is 10.6 Å². The van der Waals surface area contributed by atoms with Crippen molar-refractivity contribution in [2.45, 2.75) is 25.0 Å². The molecule has 1 aliphatic rings. The van der Waals surface area contributed by atoms with Gasteiger partial charge < -0.3 is 4.74 Å². The van der Waals surface area contributed by atoms with Crippen molar-refractivity contribution in [1.29, 1.82) is 0 Å². The first kappa shape index (κ1) is 11.6. The van der Waals surface area contributed by atoms with Gasteiger partial charge >= 0.3 is 0 Å². The third-order valence-corrected chi connectivity index (χ3v) is 3.92. The summed E-state index contributed by atoms with van der Waals surface area (Å²) in [5, 5.41) is 0.867. The Kier molecular flexibility index (Phi) is 3.80. The fraction of sp³-hybridized carbons (Fsp3) is 0.455. The molecular weight excluding hydrogens is 327 g/mol. The van der Waals surface area contributed by atoms with Crippen LogP contribution >= 0.6 is 31.9 Å². The highest BCUT2D eigenvalue weighted by atomic mass is 79.9. The van der Waals surface area contributed by atoms with E-state index in [-0.39, 0.29) is 11.9 Å². The summed E-state index contributed by atoms with van der Waals surface area (Å²) in [6.45, 7) is 0. The molecule has 0 saturated carbocycles. The minimum absolute atomic E-state index is 0.115. The van der Waals surface area contributed by atoms with Gasteiger partial charge in [-0.2, -0.15) is 0 Å². The lowest BCUT2D eigenvalue weighted by molar-refractivity contribution is 0.0588. The van der Waals surface area contributed by atoms with Gasteiger partial charge in [-0.3, -0.25) is 0 Å². The smallest absolute Gasteiger partial charge is 0.137 e. The molecule has 2 rings (SSSR count). The maximum Gasteiger partial charge on any atom is 0.137 e. The summed E-state index contributed by atoms with van der Waals surface area (Å²) in [4.78, 5) is 0. The van der Waals surface area contributed by atoms with Crippen LogP contribution in [0.5, 0.6) is 0 Å². The van der Waals surface area contributed by atoms with Crippen LogP contribution in [0, 0.1) is 5.82 Å². The van der Waals surface area contributed by atoms with Crippen molar-refractivity contribution in [3.05, 3.63) is 34.1 Å². The minimum Gasteiger partial charge on any atom is -0.369 e. The molecule has 1 saturated heterocycles.